The van der Waals surface area contributed by atoms with Crippen LogP contribution in [0.15, 0.2) is 18.5 Å². The smallest absolute Gasteiger partial charge is 0.383 e. The van der Waals surface area contributed by atoms with Crippen LogP contribution in [-0.4, -0.2) is 39.1 Å². The van der Waals surface area contributed by atoms with Gasteiger partial charge in [-0.05, 0) is 24.4 Å². The van der Waals surface area contributed by atoms with Gasteiger partial charge in [0.1, 0.15) is 11.6 Å². The molecule has 0 spiro atoms. The van der Waals surface area contributed by atoms with Gasteiger partial charge in [0, 0.05) is 43.0 Å². The van der Waals surface area contributed by atoms with E-state index in [0.717, 1.165) is 31.5 Å². The number of fused-ring (bicyclic) bond motifs is 1. The molecule has 2 aromatic heterocycles. The number of anilines is 1. The van der Waals surface area contributed by atoms with Crippen LogP contribution in [0.5, 0.6) is 0 Å². The van der Waals surface area contributed by atoms with Crippen LogP contribution < -0.4 is 5.73 Å². The number of hydrogen-bond donors (Lipinski definition) is 1. The lowest BCUT2D eigenvalue weighted by Crippen LogP contribution is -2.25. The number of nitrogens with zero attached hydrogens (tertiary/aromatic N) is 4. The Hall–Kier alpha value is -2.09. The van der Waals surface area contributed by atoms with E-state index in [1.165, 1.54) is 6.20 Å². The molecule has 8 heteroatoms. The summed E-state index contributed by atoms with van der Waals surface area (Å²) in [5.41, 5.74) is 5.38. The zero-order chi connectivity index (χ0) is 19.5. The van der Waals surface area contributed by atoms with Gasteiger partial charge in [0.2, 0.25) is 0 Å². The largest absolute Gasteiger partial charge is 0.419 e. The van der Waals surface area contributed by atoms with E-state index in [0.29, 0.717) is 29.1 Å². The highest BCUT2D eigenvalue weighted by molar-refractivity contribution is 5.62. The fourth-order valence-corrected chi connectivity index (χ4v) is 4.31. The summed E-state index contributed by atoms with van der Waals surface area (Å²) < 4.78 is 41.7. The van der Waals surface area contributed by atoms with Crippen molar-refractivity contribution < 1.29 is 13.2 Å². The van der Waals surface area contributed by atoms with Gasteiger partial charge in [-0.3, -0.25) is 0 Å². The summed E-state index contributed by atoms with van der Waals surface area (Å²) in [6.45, 7) is 9.50. The number of likely N-dealkylation sites (tertiary alicyclic amines) is 1. The molecular weight excluding hydrogens is 355 g/mol. The van der Waals surface area contributed by atoms with Gasteiger partial charge >= 0.3 is 6.18 Å². The molecule has 0 amide bonds. The molecular formula is C19H24F3N5. The van der Waals surface area contributed by atoms with Crippen LogP contribution in [0.1, 0.15) is 44.1 Å². The Morgan fingerprint density at radius 3 is 2.48 bits per heavy atom. The summed E-state index contributed by atoms with van der Waals surface area (Å²) in [6.07, 6.45) is -1.27. The predicted octanol–water partition coefficient (Wildman–Crippen LogP) is 3.79. The minimum atomic E-state index is -4.53. The van der Waals surface area contributed by atoms with Gasteiger partial charge in [-0.1, -0.05) is 20.8 Å². The zero-order valence-corrected chi connectivity index (χ0v) is 15.7. The molecule has 1 unspecified atom stereocenters. The van der Waals surface area contributed by atoms with Crippen molar-refractivity contribution in [3.63, 3.8) is 0 Å². The highest BCUT2D eigenvalue weighted by atomic mass is 19.4. The molecule has 27 heavy (non-hydrogen) atoms. The lowest BCUT2D eigenvalue weighted by Gasteiger charge is -2.19. The monoisotopic (exact) mass is 379 g/mol. The van der Waals surface area contributed by atoms with Crippen LogP contribution >= 0.6 is 0 Å². The van der Waals surface area contributed by atoms with Crippen molar-refractivity contribution in [2.24, 2.45) is 11.8 Å². The summed E-state index contributed by atoms with van der Waals surface area (Å²) in [4.78, 5) is 10.9. The lowest BCUT2D eigenvalue weighted by atomic mass is 10.1. The Morgan fingerprint density at radius 2 is 1.93 bits per heavy atom. The quantitative estimate of drug-likeness (QED) is 0.878. The van der Waals surface area contributed by atoms with E-state index < -0.39 is 17.6 Å². The first-order chi connectivity index (χ1) is 12.7. The SMILES string of the molecule is CCN1C[C@@H]2C(n3cc(-c4cnc(N)c(C(F)(F)F)c4)nc3C(C)C)[C@@H]2C1. The molecule has 2 aromatic rings. The molecule has 0 bridgehead atoms. The van der Waals surface area contributed by atoms with Crippen LogP contribution in [-0.2, 0) is 6.18 Å². The van der Waals surface area contributed by atoms with Crippen molar-refractivity contribution in [1.82, 2.24) is 19.4 Å². The van der Waals surface area contributed by atoms with E-state index in [9.17, 15) is 13.2 Å². The molecule has 5 nitrogen and oxygen atoms in total. The van der Waals surface area contributed by atoms with E-state index in [1.807, 2.05) is 6.20 Å². The number of piperidine rings is 1. The Morgan fingerprint density at radius 1 is 1.26 bits per heavy atom. The number of rotatable bonds is 4. The minimum absolute atomic E-state index is 0.186. The van der Waals surface area contributed by atoms with Crippen molar-refractivity contribution in [2.45, 2.75) is 38.9 Å². The van der Waals surface area contributed by atoms with Crippen molar-refractivity contribution in [2.75, 3.05) is 25.4 Å². The van der Waals surface area contributed by atoms with Crippen molar-refractivity contribution in [3.05, 3.63) is 29.8 Å². The molecule has 2 fully saturated rings. The fourth-order valence-electron chi connectivity index (χ4n) is 4.31. The van der Waals surface area contributed by atoms with E-state index in [2.05, 4.69) is 40.2 Å². The number of aromatic nitrogens is 3. The molecule has 1 saturated heterocycles. The van der Waals surface area contributed by atoms with Crippen molar-refractivity contribution in [1.29, 1.82) is 0 Å². The summed E-state index contributed by atoms with van der Waals surface area (Å²) in [5.74, 6) is 1.81. The molecule has 3 atom stereocenters. The highest BCUT2D eigenvalue weighted by Crippen LogP contribution is 2.56. The third-order valence-corrected chi connectivity index (χ3v) is 5.79. The molecule has 1 saturated carbocycles. The maximum Gasteiger partial charge on any atom is 0.419 e. The lowest BCUT2D eigenvalue weighted by molar-refractivity contribution is -0.137. The number of imidazole rings is 1. The Kier molecular flexibility index (Phi) is 4.21. The topological polar surface area (TPSA) is 60.0 Å². The van der Waals surface area contributed by atoms with E-state index in [4.69, 9.17) is 5.73 Å². The molecule has 1 aliphatic heterocycles. The molecule has 2 N–H and O–H groups in total. The second kappa shape index (κ2) is 6.22. The van der Waals surface area contributed by atoms with Gasteiger partial charge in [0.25, 0.3) is 0 Å². The average molecular weight is 379 g/mol. The van der Waals surface area contributed by atoms with Crippen LogP contribution in [0, 0.1) is 11.8 Å². The van der Waals surface area contributed by atoms with E-state index >= 15 is 0 Å². The van der Waals surface area contributed by atoms with E-state index in [1.54, 1.807) is 0 Å². The van der Waals surface area contributed by atoms with E-state index in [-0.39, 0.29) is 5.92 Å². The zero-order valence-electron chi connectivity index (χ0n) is 15.7. The second-order valence-electron chi connectivity index (χ2n) is 7.87. The third-order valence-electron chi connectivity index (χ3n) is 5.79. The first kappa shape index (κ1) is 18.3. The van der Waals surface area contributed by atoms with Gasteiger partial charge < -0.3 is 15.2 Å². The average Bonchev–Trinajstić information content (AvgIpc) is 2.99. The molecule has 0 aromatic carbocycles. The maximum absolute atomic E-state index is 13.2. The molecule has 4 rings (SSSR count). The van der Waals surface area contributed by atoms with Gasteiger partial charge in [-0.2, -0.15) is 13.2 Å². The van der Waals surface area contributed by atoms with Crippen LogP contribution in [0.4, 0.5) is 19.0 Å². The first-order valence-electron chi connectivity index (χ1n) is 9.35. The number of pyridine rings is 1. The molecule has 1 aliphatic carbocycles. The first-order valence-corrected chi connectivity index (χ1v) is 9.35. The molecule has 2 aliphatic rings. The summed E-state index contributed by atoms with van der Waals surface area (Å²) in [6, 6.07) is 1.45. The Labute approximate surface area is 156 Å². The van der Waals surface area contributed by atoms with Crippen LogP contribution in [0.25, 0.3) is 11.3 Å². The normalized spacial score (nSPS) is 25.2. The number of nitrogens with two attached hydrogens (primary N) is 1. The second-order valence-corrected chi connectivity index (χ2v) is 7.87. The predicted molar refractivity (Wildman–Crippen MR) is 97.1 cm³/mol. The number of alkyl halides is 3. The number of hydrogen-bond acceptors (Lipinski definition) is 4. The van der Waals surface area contributed by atoms with Gasteiger partial charge in [0.05, 0.1) is 11.3 Å². The Bertz CT molecular complexity index is 846. The third kappa shape index (κ3) is 3.09. The standard InChI is InChI=1S/C19H24F3N5/c1-4-26-7-12-13(8-26)16(12)27-9-15(25-18(27)10(2)3)11-5-14(19(20,21)22)17(23)24-6-11/h5-6,9-10,12-13,16H,4,7-8H2,1-3H3,(H2,23,24)/t12-,13+,16?. The maximum atomic E-state index is 13.2. The van der Waals surface area contributed by atoms with Crippen LogP contribution in [0.2, 0.25) is 0 Å². The number of nitrogen functional groups attached to an aromatic ring is 1. The minimum Gasteiger partial charge on any atom is -0.383 e. The van der Waals surface area contributed by atoms with Crippen LogP contribution in [0.3, 0.4) is 0 Å². The van der Waals surface area contributed by atoms with Gasteiger partial charge in [-0.25, -0.2) is 9.97 Å². The number of halogens is 3. The van der Waals surface area contributed by atoms with Gasteiger partial charge in [-0.15, -0.1) is 0 Å². The highest BCUT2D eigenvalue weighted by Gasteiger charge is 2.57. The summed E-state index contributed by atoms with van der Waals surface area (Å²) >= 11 is 0. The van der Waals surface area contributed by atoms with Crippen molar-refractivity contribution in [3.8, 4) is 11.3 Å². The molecule has 146 valence electrons. The van der Waals surface area contributed by atoms with Gasteiger partial charge in [0.15, 0.2) is 0 Å². The fraction of sp³-hybridized carbons (Fsp3) is 0.579. The summed E-state index contributed by atoms with van der Waals surface area (Å²) in [5, 5.41) is 0. The molecule has 0 radical (unpaired) electrons. The molecule has 3 heterocycles. The Balaban J connectivity index is 1.68. The summed E-state index contributed by atoms with van der Waals surface area (Å²) in [7, 11) is 0. The van der Waals surface area contributed by atoms with Crippen molar-refractivity contribution >= 4 is 5.82 Å².